The van der Waals surface area contributed by atoms with Gasteiger partial charge >= 0.3 is 17.9 Å². The molecule has 6 nitrogen and oxygen atoms in total. The van der Waals surface area contributed by atoms with Crippen molar-refractivity contribution in [2.45, 2.75) is 213 Å². The molecule has 0 saturated carbocycles. The van der Waals surface area contributed by atoms with E-state index in [1.54, 1.807) is 0 Å². The SMILES string of the molecule is CC\C=C/C=C\C=C/C=C\C=C\C=C/C=C\CCCCCC(=O)OCC(COC(=O)CCCCC/C=C\CCCCCCCC)OC(=O)CCCCCCCCC/C=C\C/C=C\CC. The highest BCUT2D eigenvalue weighted by Gasteiger charge is 2.19. The number of hydrogen-bond acceptors (Lipinski definition) is 6. The number of rotatable bonds is 44. The molecule has 0 rings (SSSR count). The fraction of sp³-hybridized carbons (Fsp3) is 0.603. The molecule has 1 unspecified atom stereocenters. The summed E-state index contributed by atoms with van der Waals surface area (Å²) >= 11 is 0. The van der Waals surface area contributed by atoms with E-state index < -0.39 is 6.10 Å². The van der Waals surface area contributed by atoms with E-state index in [0.29, 0.717) is 19.3 Å². The summed E-state index contributed by atoms with van der Waals surface area (Å²) in [4.78, 5) is 38.0. The van der Waals surface area contributed by atoms with E-state index in [1.807, 2.05) is 72.9 Å². The van der Waals surface area contributed by atoms with Crippen LogP contribution in [0.25, 0.3) is 0 Å². The molecule has 0 aliphatic carbocycles. The highest BCUT2D eigenvalue weighted by Crippen LogP contribution is 2.13. The summed E-state index contributed by atoms with van der Waals surface area (Å²) in [6.07, 6.45) is 70.3. The van der Waals surface area contributed by atoms with Crippen molar-refractivity contribution in [3.8, 4) is 0 Å². The lowest BCUT2D eigenvalue weighted by Gasteiger charge is -2.18. The average Bonchev–Trinajstić information content (AvgIpc) is 3.29. The van der Waals surface area contributed by atoms with E-state index in [9.17, 15) is 14.4 Å². The maximum Gasteiger partial charge on any atom is 0.306 e. The van der Waals surface area contributed by atoms with E-state index >= 15 is 0 Å². The van der Waals surface area contributed by atoms with Crippen LogP contribution < -0.4 is 0 Å². The van der Waals surface area contributed by atoms with Gasteiger partial charge in [-0.05, 0) is 89.9 Å². The zero-order valence-corrected chi connectivity index (χ0v) is 41.0. The molecule has 0 aromatic rings. The normalized spacial score (nSPS) is 13.1. The number of allylic oxidation sites excluding steroid dienone is 20. The number of esters is 3. The molecule has 1 atom stereocenters. The van der Waals surface area contributed by atoms with Gasteiger partial charge in [0, 0.05) is 19.3 Å². The second-order valence-electron chi connectivity index (χ2n) is 16.5. The minimum atomic E-state index is -0.810. The highest BCUT2D eigenvalue weighted by molar-refractivity contribution is 5.71. The summed E-state index contributed by atoms with van der Waals surface area (Å²) in [5.41, 5.74) is 0. The third-order valence-corrected chi connectivity index (χ3v) is 10.4. The minimum Gasteiger partial charge on any atom is -0.462 e. The van der Waals surface area contributed by atoms with Gasteiger partial charge in [0.2, 0.25) is 0 Å². The molecule has 360 valence electrons. The number of unbranched alkanes of at least 4 members (excludes halogenated alkanes) is 19. The van der Waals surface area contributed by atoms with E-state index in [4.69, 9.17) is 14.2 Å². The van der Waals surface area contributed by atoms with Crippen molar-refractivity contribution in [2.24, 2.45) is 0 Å². The maximum absolute atomic E-state index is 12.8. The summed E-state index contributed by atoms with van der Waals surface area (Å²) in [7, 11) is 0. The molecular weight excluding hydrogens is 793 g/mol. The van der Waals surface area contributed by atoms with E-state index in [2.05, 4.69) is 69.4 Å². The smallest absolute Gasteiger partial charge is 0.306 e. The van der Waals surface area contributed by atoms with Gasteiger partial charge in [0.25, 0.3) is 0 Å². The Kier molecular flexibility index (Phi) is 48.1. The summed E-state index contributed by atoms with van der Waals surface area (Å²) in [5, 5.41) is 0. The summed E-state index contributed by atoms with van der Waals surface area (Å²) in [6, 6.07) is 0. The van der Waals surface area contributed by atoms with E-state index in [1.165, 1.54) is 64.2 Å². The molecule has 0 amide bonds. The first kappa shape index (κ1) is 59.8. The van der Waals surface area contributed by atoms with Crippen LogP contribution in [0.15, 0.2) is 122 Å². The van der Waals surface area contributed by atoms with Gasteiger partial charge in [-0.3, -0.25) is 14.4 Å². The van der Waals surface area contributed by atoms with Crippen LogP contribution in [0.3, 0.4) is 0 Å². The largest absolute Gasteiger partial charge is 0.462 e. The molecule has 0 radical (unpaired) electrons. The highest BCUT2D eigenvalue weighted by atomic mass is 16.6. The van der Waals surface area contributed by atoms with E-state index in [-0.39, 0.29) is 31.1 Å². The van der Waals surface area contributed by atoms with Gasteiger partial charge < -0.3 is 14.2 Å². The summed E-state index contributed by atoms with van der Waals surface area (Å²) in [6.45, 7) is 6.30. The van der Waals surface area contributed by atoms with Crippen LogP contribution in [-0.4, -0.2) is 37.2 Å². The van der Waals surface area contributed by atoms with Crippen molar-refractivity contribution in [1.29, 1.82) is 0 Å². The van der Waals surface area contributed by atoms with Crippen molar-refractivity contribution >= 4 is 17.9 Å². The first-order chi connectivity index (χ1) is 31.5. The monoisotopic (exact) mass is 885 g/mol. The van der Waals surface area contributed by atoms with Gasteiger partial charge in [0.1, 0.15) is 13.2 Å². The fourth-order valence-corrected chi connectivity index (χ4v) is 6.57. The van der Waals surface area contributed by atoms with Gasteiger partial charge in [0.05, 0.1) is 0 Å². The first-order valence-corrected chi connectivity index (χ1v) is 25.6. The molecule has 64 heavy (non-hydrogen) atoms. The predicted octanol–water partition coefficient (Wildman–Crippen LogP) is 16.9. The van der Waals surface area contributed by atoms with Crippen LogP contribution in [0.5, 0.6) is 0 Å². The third kappa shape index (κ3) is 48.8. The Hall–Kier alpha value is -4.19. The molecular formula is C58H92O6. The van der Waals surface area contributed by atoms with Gasteiger partial charge in [-0.15, -0.1) is 0 Å². The molecule has 0 bridgehead atoms. The van der Waals surface area contributed by atoms with Crippen LogP contribution in [0.2, 0.25) is 0 Å². The molecule has 0 saturated heterocycles. The second kappa shape index (κ2) is 51.4. The van der Waals surface area contributed by atoms with Crippen molar-refractivity contribution < 1.29 is 28.6 Å². The van der Waals surface area contributed by atoms with Gasteiger partial charge in [0.15, 0.2) is 6.10 Å². The zero-order valence-electron chi connectivity index (χ0n) is 41.0. The van der Waals surface area contributed by atoms with Crippen LogP contribution in [0.1, 0.15) is 207 Å². The lowest BCUT2D eigenvalue weighted by Crippen LogP contribution is -2.30. The topological polar surface area (TPSA) is 78.9 Å². The lowest BCUT2D eigenvalue weighted by atomic mass is 10.1. The summed E-state index contributed by atoms with van der Waals surface area (Å²) < 4.78 is 16.7. The molecule has 0 heterocycles. The van der Waals surface area contributed by atoms with Crippen LogP contribution in [0, 0.1) is 0 Å². The Balaban J connectivity index is 4.54. The Morgan fingerprint density at radius 1 is 0.344 bits per heavy atom. The van der Waals surface area contributed by atoms with Crippen molar-refractivity contribution in [2.75, 3.05) is 13.2 Å². The van der Waals surface area contributed by atoms with Gasteiger partial charge in [-0.2, -0.15) is 0 Å². The number of carbonyl (C=O) groups excluding carboxylic acids is 3. The van der Waals surface area contributed by atoms with Gasteiger partial charge in [-0.1, -0.05) is 219 Å². The van der Waals surface area contributed by atoms with Crippen molar-refractivity contribution in [3.63, 3.8) is 0 Å². The van der Waals surface area contributed by atoms with Crippen molar-refractivity contribution in [3.05, 3.63) is 122 Å². The molecule has 0 fully saturated rings. The standard InChI is InChI=1S/C58H92O6/c1-4-7-10-13-16-19-22-25-27-28-29-30-31-34-36-39-42-45-48-51-57(60)63-54-55(53-62-56(59)50-47-44-41-38-35-32-24-21-18-15-12-9-6-3)64-58(61)52-49-46-43-40-37-33-26-23-20-17-14-11-8-5-2/h7-8,10-11,13,16-17,19-20,22,25,27-32,34-36,55H,4-6,9,12,14-15,18,21,23-24,26,33,37-54H2,1-3H3/b10-7-,11-8-,16-13-,20-17-,22-19-,27-25-,29-28+,31-30-,35-32-,36-34-. The Bertz CT molecular complexity index is 1390. The Morgan fingerprint density at radius 3 is 1.16 bits per heavy atom. The lowest BCUT2D eigenvalue weighted by molar-refractivity contribution is -0.167. The molecule has 0 aromatic heterocycles. The molecule has 0 aliphatic rings. The second-order valence-corrected chi connectivity index (χ2v) is 16.5. The quantitative estimate of drug-likeness (QED) is 0.0199. The Labute approximate surface area is 392 Å². The average molecular weight is 885 g/mol. The predicted molar refractivity (Wildman–Crippen MR) is 274 cm³/mol. The van der Waals surface area contributed by atoms with E-state index in [0.717, 1.165) is 103 Å². The maximum atomic E-state index is 12.8. The van der Waals surface area contributed by atoms with Crippen molar-refractivity contribution in [1.82, 2.24) is 0 Å². The zero-order chi connectivity index (χ0) is 46.5. The first-order valence-electron chi connectivity index (χ1n) is 25.6. The molecule has 0 spiro atoms. The Morgan fingerprint density at radius 2 is 0.688 bits per heavy atom. The number of carbonyl (C=O) groups is 3. The van der Waals surface area contributed by atoms with Crippen LogP contribution in [0.4, 0.5) is 0 Å². The summed E-state index contributed by atoms with van der Waals surface area (Å²) in [5.74, 6) is -0.985. The molecule has 0 aliphatic heterocycles. The fourth-order valence-electron chi connectivity index (χ4n) is 6.57. The third-order valence-electron chi connectivity index (χ3n) is 10.4. The molecule has 0 aromatic carbocycles. The number of hydrogen-bond donors (Lipinski definition) is 0. The molecule has 0 N–H and O–H groups in total. The molecule has 6 heteroatoms. The minimum absolute atomic E-state index is 0.108. The van der Waals surface area contributed by atoms with Crippen LogP contribution >= 0.6 is 0 Å². The van der Waals surface area contributed by atoms with Gasteiger partial charge in [-0.25, -0.2) is 0 Å². The van der Waals surface area contributed by atoms with Crippen LogP contribution in [-0.2, 0) is 28.6 Å². The number of ether oxygens (including phenoxy) is 3.